The summed E-state index contributed by atoms with van der Waals surface area (Å²) in [5.41, 5.74) is 5.60. The average Bonchev–Trinajstić information content (AvgIpc) is 3.12. The van der Waals surface area contributed by atoms with E-state index < -0.39 is 0 Å². The molecule has 0 bridgehead atoms. The first kappa shape index (κ1) is 17.8. The molecule has 1 aromatic heterocycles. The van der Waals surface area contributed by atoms with Crippen molar-refractivity contribution in [1.82, 2.24) is 4.98 Å². The quantitative estimate of drug-likeness (QED) is 0.523. The van der Waals surface area contributed by atoms with Gasteiger partial charge in [0.1, 0.15) is 11.3 Å². The second-order valence-corrected chi connectivity index (χ2v) is 6.67. The summed E-state index contributed by atoms with van der Waals surface area (Å²) in [6.45, 7) is 3.96. The predicted octanol–water partition coefficient (Wildman–Crippen LogP) is 5.37. The van der Waals surface area contributed by atoms with E-state index in [4.69, 9.17) is 9.15 Å². The summed E-state index contributed by atoms with van der Waals surface area (Å²) in [5, 5.41) is 2.97. The molecule has 28 heavy (non-hydrogen) atoms. The number of nitrogens with zero attached hydrogens (tertiary/aromatic N) is 1. The normalized spacial score (nSPS) is 10.8. The Bertz CT molecular complexity index is 1180. The van der Waals surface area contributed by atoms with Gasteiger partial charge in [0.05, 0.1) is 12.7 Å². The molecule has 5 heteroatoms. The van der Waals surface area contributed by atoms with E-state index in [1.165, 1.54) is 0 Å². The fourth-order valence-corrected chi connectivity index (χ4v) is 3.07. The zero-order valence-corrected chi connectivity index (χ0v) is 15.9. The number of carbonyl (C=O) groups excluding carboxylic acids is 1. The summed E-state index contributed by atoms with van der Waals surface area (Å²) in [6, 6.07) is 18.8. The number of hydrogen-bond acceptors (Lipinski definition) is 4. The minimum Gasteiger partial charge on any atom is -0.496 e. The van der Waals surface area contributed by atoms with Crippen LogP contribution in [0.25, 0.3) is 22.6 Å². The van der Waals surface area contributed by atoms with Gasteiger partial charge in [0.25, 0.3) is 5.91 Å². The number of aryl methyl sites for hydroxylation is 2. The van der Waals surface area contributed by atoms with Crippen LogP contribution in [-0.2, 0) is 0 Å². The first-order valence-electron chi connectivity index (χ1n) is 8.98. The summed E-state index contributed by atoms with van der Waals surface area (Å²) >= 11 is 0. The Morgan fingerprint density at radius 3 is 2.68 bits per heavy atom. The number of amides is 1. The van der Waals surface area contributed by atoms with Gasteiger partial charge >= 0.3 is 0 Å². The molecule has 4 rings (SSSR count). The van der Waals surface area contributed by atoms with E-state index >= 15 is 0 Å². The largest absolute Gasteiger partial charge is 0.496 e. The van der Waals surface area contributed by atoms with Crippen LogP contribution in [0.4, 0.5) is 5.69 Å². The van der Waals surface area contributed by atoms with Crippen molar-refractivity contribution in [2.75, 3.05) is 12.4 Å². The van der Waals surface area contributed by atoms with Crippen molar-refractivity contribution in [2.45, 2.75) is 13.8 Å². The Kier molecular flexibility index (Phi) is 4.57. The van der Waals surface area contributed by atoms with Gasteiger partial charge in [0.2, 0.25) is 5.89 Å². The van der Waals surface area contributed by atoms with E-state index in [2.05, 4.69) is 10.3 Å². The molecule has 0 unspecified atom stereocenters. The number of rotatable bonds is 4. The van der Waals surface area contributed by atoms with Crippen LogP contribution in [0.1, 0.15) is 21.5 Å². The van der Waals surface area contributed by atoms with E-state index in [1.54, 1.807) is 25.3 Å². The molecule has 0 fully saturated rings. The Labute approximate surface area is 163 Å². The van der Waals surface area contributed by atoms with E-state index in [0.29, 0.717) is 22.9 Å². The maximum absolute atomic E-state index is 12.7. The standard InChI is InChI=1S/C23H20N2O3/c1-14-8-11-21-19(12-14)25-23(28-21)16-10-9-15(2)18(13-16)24-22(26)17-6-4-5-7-20(17)27-3/h4-13H,1-3H3,(H,24,26). The number of oxazole rings is 1. The third-order valence-electron chi connectivity index (χ3n) is 4.63. The van der Waals surface area contributed by atoms with E-state index in [-0.39, 0.29) is 5.91 Å². The zero-order chi connectivity index (χ0) is 19.7. The molecule has 0 aliphatic rings. The van der Waals surface area contributed by atoms with Gasteiger partial charge < -0.3 is 14.5 Å². The molecule has 3 aromatic carbocycles. The summed E-state index contributed by atoms with van der Waals surface area (Å²) < 4.78 is 11.2. The summed E-state index contributed by atoms with van der Waals surface area (Å²) in [6.07, 6.45) is 0. The van der Waals surface area contributed by atoms with E-state index in [9.17, 15) is 4.79 Å². The van der Waals surface area contributed by atoms with Crippen LogP contribution in [0.2, 0.25) is 0 Å². The Hall–Kier alpha value is -3.60. The summed E-state index contributed by atoms with van der Waals surface area (Å²) in [5.74, 6) is 0.822. The topological polar surface area (TPSA) is 64.4 Å². The van der Waals surface area contributed by atoms with Gasteiger partial charge in [-0.3, -0.25) is 4.79 Å². The second-order valence-electron chi connectivity index (χ2n) is 6.67. The van der Waals surface area contributed by atoms with Crippen LogP contribution in [0.3, 0.4) is 0 Å². The van der Waals surface area contributed by atoms with Gasteiger partial charge in [-0.25, -0.2) is 4.98 Å². The number of para-hydroxylation sites is 1. The lowest BCUT2D eigenvalue weighted by molar-refractivity contribution is 0.102. The van der Waals surface area contributed by atoms with Crippen molar-refractivity contribution in [1.29, 1.82) is 0 Å². The maximum Gasteiger partial charge on any atom is 0.259 e. The fraction of sp³-hybridized carbons (Fsp3) is 0.130. The summed E-state index contributed by atoms with van der Waals surface area (Å²) in [7, 11) is 1.55. The highest BCUT2D eigenvalue weighted by Gasteiger charge is 2.15. The highest BCUT2D eigenvalue weighted by molar-refractivity contribution is 6.06. The molecule has 0 aliphatic carbocycles. The lowest BCUT2D eigenvalue weighted by atomic mass is 10.1. The number of ether oxygens (including phenoxy) is 1. The summed E-state index contributed by atoms with van der Waals surface area (Å²) in [4.78, 5) is 17.3. The number of methoxy groups -OCH3 is 1. The third kappa shape index (κ3) is 3.34. The van der Waals surface area contributed by atoms with Crippen molar-refractivity contribution >= 4 is 22.7 Å². The van der Waals surface area contributed by atoms with Crippen LogP contribution in [0, 0.1) is 13.8 Å². The zero-order valence-electron chi connectivity index (χ0n) is 15.9. The molecule has 5 nitrogen and oxygen atoms in total. The number of hydrogen-bond donors (Lipinski definition) is 1. The molecule has 0 atom stereocenters. The Balaban J connectivity index is 1.67. The average molecular weight is 372 g/mol. The molecule has 1 amide bonds. The van der Waals surface area contributed by atoms with Crippen molar-refractivity contribution in [3.63, 3.8) is 0 Å². The molecule has 1 N–H and O–H groups in total. The van der Waals surface area contributed by atoms with Crippen molar-refractivity contribution < 1.29 is 13.9 Å². The minimum absolute atomic E-state index is 0.231. The van der Waals surface area contributed by atoms with Gasteiger partial charge in [-0.15, -0.1) is 0 Å². The number of carbonyl (C=O) groups is 1. The number of aromatic nitrogens is 1. The lowest BCUT2D eigenvalue weighted by Crippen LogP contribution is -2.14. The number of benzene rings is 3. The minimum atomic E-state index is -0.231. The van der Waals surface area contributed by atoms with Gasteiger partial charge in [0, 0.05) is 11.3 Å². The van der Waals surface area contributed by atoms with Crippen LogP contribution in [0.5, 0.6) is 5.75 Å². The fourth-order valence-electron chi connectivity index (χ4n) is 3.07. The van der Waals surface area contributed by atoms with E-state index in [1.807, 2.05) is 56.3 Å². The van der Waals surface area contributed by atoms with Gasteiger partial charge in [-0.05, 0) is 61.4 Å². The second kappa shape index (κ2) is 7.19. The molecule has 0 spiro atoms. The highest BCUT2D eigenvalue weighted by Crippen LogP contribution is 2.29. The number of fused-ring (bicyclic) bond motifs is 1. The molecular weight excluding hydrogens is 352 g/mol. The molecule has 4 aromatic rings. The predicted molar refractivity (Wildman–Crippen MR) is 110 cm³/mol. The maximum atomic E-state index is 12.7. The monoisotopic (exact) mass is 372 g/mol. The molecule has 140 valence electrons. The van der Waals surface area contributed by atoms with Gasteiger partial charge in [-0.1, -0.05) is 24.3 Å². The highest BCUT2D eigenvalue weighted by atomic mass is 16.5. The molecule has 0 saturated carbocycles. The lowest BCUT2D eigenvalue weighted by Gasteiger charge is -2.11. The third-order valence-corrected chi connectivity index (χ3v) is 4.63. The van der Waals surface area contributed by atoms with Crippen molar-refractivity contribution in [3.8, 4) is 17.2 Å². The number of nitrogens with one attached hydrogen (secondary N) is 1. The first-order valence-corrected chi connectivity index (χ1v) is 8.98. The Morgan fingerprint density at radius 1 is 1.04 bits per heavy atom. The van der Waals surface area contributed by atoms with Crippen LogP contribution in [0.15, 0.2) is 65.1 Å². The molecule has 0 saturated heterocycles. The number of anilines is 1. The Morgan fingerprint density at radius 2 is 1.86 bits per heavy atom. The first-order chi connectivity index (χ1) is 13.5. The molecular formula is C23H20N2O3. The van der Waals surface area contributed by atoms with Gasteiger partial charge in [-0.2, -0.15) is 0 Å². The smallest absolute Gasteiger partial charge is 0.259 e. The van der Waals surface area contributed by atoms with Crippen molar-refractivity contribution in [2.24, 2.45) is 0 Å². The van der Waals surface area contributed by atoms with Crippen LogP contribution < -0.4 is 10.1 Å². The van der Waals surface area contributed by atoms with Gasteiger partial charge in [0.15, 0.2) is 5.58 Å². The van der Waals surface area contributed by atoms with Crippen LogP contribution in [-0.4, -0.2) is 18.0 Å². The van der Waals surface area contributed by atoms with Crippen LogP contribution >= 0.6 is 0 Å². The van der Waals surface area contributed by atoms with E-state index in [0.717, 1.165) is 27.8 Å². The molecule has 0 aliphatic heterocycles. The van der Waals surface area contributed by atoms with Crippen molar-refractivity contribution in [3.05, 3.63) is 77.4 Å². The SMILES string of the molecule is COc1ccccc1C(=O)Nc1cc(-c2nc3cc(C)ccc3o2)ccc1C. The molecule has 1 heterocycles. The molecule has 0 radical (unpaired) electrons.